The third kappa shape index (κ3) is 3.10. The summed E-state index contributed by atoms with van der Waals surface area (Å²) < 4.78 is 0. The number of carboxylic acids is 1. The van der Waals surface area contributed by atoms with E-state index in [1.807, 2.05) is 25.1 Å². The Morgan fingerprint density at radius 3 is 2.79 bits per heavy atom. The molecule has 2 rings (SSSR count). The van der Waals surface area contributed by atoms with Crippen LogP contribution in [0.4, 0.5) is 0 Å². The van der Waals surface area contributed by atoms with Crippen molar-refractivity contribution < 1.29 is 9.90 Å². The molecule has 1 aromatic carbocycles. The molecule has 1 fully saturated rings. The summed E-state index contributed by atoms with van der Waals surface area (Å²) in [6, 6.07) is 8.12. The van der Waals surface area contributed by atoms with Gasteiger partial charge in [-0.1, -0.05) is 37.6 Å². The number of likely N-dealkylation sites (tertiary alicyclic amines) is 1. The Labute approximate surface area is 119 Å². The minimum Gasteiger partial charge on any atom is -0.481 e. The van der Waals surface area contributed by atoms with Gasteiger partial charge in [0.1, 0.15) is 0 Å². The van der Waals surface area contributed by atoms with Gasteiger partial charge in [0.2, 0.25) is 0 Å². The van der Waals surface area contributed by atoms with Crippen LogP contribution >= 0.6 is 11.6 Å². The van der Waals surface area contributed by atoms with Crippen molar-refractivity contribution in [2.75, 3.05) is 13.1 Å². The Morgan fingerprint density at radius 1 is 1.53 bits per heavy atom. The number of rotatable bonds is 4. The predicted molar refractivity (Wildman–Crippen MR) is 76.3 cm³/mol. The molecule has 0 spiro atoms. The quantitative estimate of drug-likeness (QED) is 0.919. The topological polar surface area (TPSA) is 40.5 Å². The number of carboxylic acid groups (broad SMARTS) is 1. The van der Waals surface area contributed by atoms with Crippen molar-refractivity contribution in [3.63, 3.8) is 0 Å². The first kappa shape index (κ1) is 14.4. The fourth-order valence-corrected chi connectivity index (χ4v) is 3.20. The lowest BCUT2D eigenvalue weighted by molar-refractivity contribution is -0.142. The predicted octanol–water partition coefficient (Wildman–Crippen LogP) is 3.44. The highest BCUT2D eigenvalue weighted by Gasteiger charge is 2.37. The summed E-state index contributed by atoms with van der Waals surface area (Å²) in [7, 11) is 0. The van der Waals surface area contributed by atoms with Crippen LogP contribution in [0.5, 0.6) is 0 Å². The van der Waals surface area contributed by atoms with Crippen molar-refractivity contribution in [2.45, 2.75) is 26.3 Å². The Kier molecular flexibility index (Phi) is 4.48. The zero-order chi connectivity index (χ0) is 14.0. The normalized spacial score (nSPS) is 25.4. The molecule has 0 radical (unpaired) electrons. The van der Waals surface area contributed by atoms with Crippen LogP contribution in [-0.4, -0.2) is 29.1 Å². The smallest absolute Gasteiger partial charge is 0.308 e. The molecular formula is C15H20ClNO2. The molecule has 4 heteroatoms. The molecule has 3 unspecified atom stereocenters. The van der Waals surface area contributed by atoms with Gasteiger partial charge in [-0.15, -0.1) is 0 Å². The second-order valence-corrected chi connectivity index (χ2v) is 5.79. The number of halogens is 1. The molecule has 0 bridgehead atoms. The van der Waals surface area contributed by atoms with Gasteiger partial charge < -0.3 is 5.11 Å². The van der Waals surface area contributed by atoms with Gasteiger partial charge in [-0.3, -0.25) is 9.69 Å². The van der Waals surface area contributed by atoms with Gasteiger partial charge in [0.05, 0.1) is 5.92 Å². The lowest BCUT2D eigenvalue weighted by Gasteiger charge is -2.27. The first-order chi connectivity index (χ1) is 9.02. The van der Waals surface area contributed by atoms with E-state index >= 15 is 0 Å². The molecule has 1 heterocycles. The van der Waals surface area contributed by atoms with Crippen molar-refractivity contribution in [1.82, 2.24) is 4.90 Å². The van der Waals surface area contributed by atoms with Crippen LogP contribution in [-0.2, 0) is 4.79 Å². The number of hydrogen-bond acceptors (Lipinski definition) is 2. The molecule has 1 aliphatic heterocycles. The fourth-order valence-electron chi connectivity index (χ4n) is 3.00. The number of carbonyl (C=O) groups is 1. The van der Waals surface area contributed by atoms with Crippen LogP contribution in [0.3, 0.4) is 0 Å². The summed E-state index contributed by atoms with van der Waals surface area (Å²) in [6.45, 7) is 5.61. The molecule has 0 aliphatic carbocycles. The van der Waals surface area contributed by atoms with Gasteiger partial charge >= 0.3 is 5.97 Å². The van der Waals surface area contributed by atoms with Crippen molar-refractivity contribution in [1.29, 1.82) is 0 Å². The second kappa shape index (κ2) is 5.93. The minimum atomic E-state index is -0.684. The number of hydrogen-bond donors (Lipinski definition) is 1. The second-order valence-electron chi connectivity index (χ2n) is 5.35. The summed E-state index contributed by atoms with van der Waals surface area (Å²) in [6.07, 6.45) is 0.958. The Morgan fingerprint density at radius 2 is 2.26 bits per heavy atom. The van der Waals surface area contributed by atoms with E-state index in [0.29, 0.717) is 6.54 Å². The molecule has 0 aromatic heterocycles. The Bertz CT molecular complexity index is 463. The molecule has 0 amide bonds. The van der Waals surface area contributed by atoms with Gasteiger partial charge in [0.15, 0.2) is 0 Å². The Balaban J connectivity index is 2.18. The number of nitrogens with zero attached hydrogens (tertiary/aromatic N) is 1. The fraction of sp³-hybridized carbons (Fsp3) is 0.533. The van der Waals surface area contributed by atoms with Gasteiger partial charge in [0.25, 0.3) is 0 Å². The van der Waals surface area contributed by atoms with Gasteiger partial charge in [-0.2, -0.15) is 0 Å². The van der Waals surface area contributed by atoms with Crippen molar-refractivity contribution in [2.24, 2.45) is 11.8 Å². The van der Waals surface area contributed by atoms with Crippen LogP contribution in [0.2, 0.25) is 5.02 Å². The van der Waals surface area contributed by atoms with Gasteiger partial charge in [0, 0.05) is 24.2 Å². The summed E-state index contributed by atoms with van der Waals surface area (Å²) in [5.41, 5.74) is 1.17. The third-order valence-corrected chi connectivity index (χ3v) is 4.25. The van der Waals surface area contributed by atoms with Crippen LogP contribution < -0.4 is 0 Å². The van der Waals surface area contributed by atoms with Gasteiger partial charge in [-0.25, -0.2) is 0 Å². The lowest BCUT2D eigenvalue weighted by atomic mass is 9.99. The number of aliphatic carboxylic acids is 1. The Hall–Kier alpha value is -1.06. The third-order valence-electron chi connectivity index (χ3n) is 4.02. The molecule has 0 saturated carbocycles. The first-order valence-electron chi connectivity index (χ1n) is 6.75. The summed E-state index contributed by atoms with van der Waals surface area (Å²) in [5.74, 6) is -0.741. The van der Waals surface area contributed by atoms with E-state index in [2.05, 4.69) is 17.9 Å². The maximum absolute atomic E-state index is 11.2. The van der Waals surface area contributed by atoms with Crippen molar-refractivity contribution >= 4 is 17.6 Å². The molecule has 3 atom stereocenters. The highest BCUT2D eigenvalue weighted by Crippen LogP contribution is 2.33. The van der Waals surface area contributed by atoms with E-state index in [9.17, 15) is 9.90 Å². The van der Waals surface area contributed by atoms with E-state index in [4.69, 9.17) is 11.6 Å². The SMILES string of the molecule is CCC(c1cccc(Cl)c1)N1CC(C)C(C(=O)O)C1. The standard InChI is InChI=1S/C15H20ClNO2/c1-3-14(11-5-4-6-12(16)7-11)17-8-10(2)13(9-17)15(18)19/h4-7,10,13-14H,3,8-9H2,1-2H3,(H,18,19). The molecule has 1 aromatic rings. The van der Waals surface area contributed by atoms with Crippen molar-refractivity contribution in [3.05, 3.63) is 34.9 Å². The van der Waals surface area contributed by atoms with E-state index < -0.39 is 5.97 Å². The maximum Gasteiger partial charge on any atom is 0.308 e. The van der Waals surface area contributed by atoms with Crippen LogP contribution in [0.15, 0.2) is 24.3 Å². The summed E-state index contributed by atoms with van der Waals surface area (Å²) in [5, 5.41) is 9.96. The summed E-state index contributed by atoms with van der Waals surface area (Å²) in [4.78, 5) is 13.5. The average Bonchev–Trinajstić information content (AvgIpc) is 2.72. The van der Waals surface area contributed by atoms with Crippen molar-refractivity contribution in [3.8, 4) is 0 Å². The maximum atomic E-state index is 11.2. The molecule has 19 heavy (non-hydrogen) atoms. The van der Waals surface area contributed by atoms with E-state index in [0.717, 1.165) is 18.0 Å². The van der Waals surface area contributed by atoms with E-state index in [-0.39, 0.29) is 17.9 Å². The zero-order valence-electron chi connectivity index (χ0n) is 11.3. The molecular weight excluding hydrogens is 262 g/mol. The van der Waals surface area contributed by atoms with Crippen LogP contribution in [0.1, 0.15) is 31.9 Å². The van der Waals surface area contributed by atoms with Gasteiger partial charge in [-0.05, 0) is 30.0 Å². The molecule has 104 valence electrons. The number of benzene rings is 1. The largest absolute Gasteiger partial charge is 0.481 e. The molecule has 1 N–H and O–H groups in total. The highest BCUT2D eigenvalue weighted by atomic mass is 35.5. The molecule has 1 aliphatic rings. The monoisotopic (exact) mass is 281 g/mol. The average molecular weight is 282 g/mol. The minimum absolute atomic E-state index is 0.200. The zero-order valence-corrected chi connectivity index (χ0v) is 12.1. The molecule has 1 saturated heterocycles. The highest BCUT2D eigenvalue weighted by molar-refractivity contribution is 6.30. The van der Waals surface area contributed by atoms with Crippen LogP contribution in [0, 0.1) is 11.8 Å². The van der Waals surface area contributed by atoms with Crippen LogP contribution in [0.25, 0.3) is 0 Å². The summed E-state index contributed by atoms with van der Waals surface area (Å²) >= 11 is 6.05. The first-order valence-corrected chi connectivity index (χ1v) is 7.13. The lowest BCUT2D eigenvalue weighted by Crippen LogP contribution is -2.27. The molecule has 3 nitrogen and oxygen atoms in total. The van der Waals surface area contributed by atoms with E-state index in [1.54, 1.807) is 0 Å². The van der Waals surface area contributed by atoms with E-state index in [1.165, 1.54) is 5.56 Å².